The second-order valence-corrected chi connectivity index (χ2v) is 7.21. The van der Waals surface area contributed by atoms with E-state index in [9.17, 15) is 25.2 Å². The molecule has 2 rings (SSSR count). The Morgan fingerprint density at radius 1 is 1.15 bits per heavy atom. The van der Waals surface area contributed by atoms with Crippen LogP contribution in [0.2, 0.25) is 0 Å². The summed E-state index contributed by atoms with van der Waals surface area (Å²) in [7, 11) is 0. The number of hydrogen-bond acceptors (Lipinski definition) is 7. The summed E-state index contributed by atoms with van der Waals surface area (Å²) >= 11 is 0. The minimum atomic E-state index is -1.52. The first-order valence-electron chi connectivity index (χ1n) is 9.31. The van der Waals surface area contributed by atoms with Crippen LogP contribution < -0.4 is 5.32 Å². The molecule has 1 aliphatic heterocycles. The first-order chi connectivity index (χ1) is 12.4. The number of carbonyl (C=O) groups is 1. The number of allylic oxidation sites excluding steroid dienone is 2. The van der Waals surface area contributed by atoms with E-state index in [2.05, 4.69) is 5.32 Å². The number of hydrogen-bond donors (Lipinski definition) is 6. The molecule has 1 heterocycles. The SMILES string of the molecule is CC/C=C\C[C@H]1C(O)CC[C@@H]1CC(=O)NC1C(O)OC(CO)C(O)C1O. The third-order valence-electron chi connectivity index (χ3n) is 5.42. The highest BCUT2D eigenvalue weighted by Crippen LogP contribution is 2.37. The molecule has 8 atom stereocenters. The van der Waals surface area contributed by atoms with Crippen molar-refractivity contribution >= 4 is 5.91 Å². The number of aliphatic hydroxyl groups excluding tert-OH is 5. The van der Waals surface area contributed by atoms with Crippen LogP contribution in [0, 0.1) is 11.8 Å². The smallest absolute Gasteiger partial charge is 0.220 e. The molecule has 0 bridgehead atoms. The molecule has 1 amide bonds. The Bertz CT molecular complexity index is 486. The quantitative estimate of drug-likeness (QED) is 0.316. The van der Waals surface area contributed by atoms with Crippen molar-refractivity contribution < 1.29 is 35.1 Å². The van der Waals surface area contributed by atoms with Crippen LogP contribution in [0.3, 0.4) is 0 Å². The van der Waals surface area contributed by atoms with E-state index in [1.165, 1.54) is 0 Å². The molecule has 0 aromatic heterocycles. The maximum atomic E-state index is 12.4. The summed E-state index contributed by atoms with van der Waals surface area (Å²) in [5.41, 5.74) is 0. The zero-order valence-corrected chi connectivity index (χ0v) is 15.1. The average molecular weight is 373 g/mol. The summed E-state index contributed by atoms with van der Waals surface area (Å²) in [6.45, 7) is 1.48. The van der Waals surface area contributed by atoms with Gasteiger partial charge in [0.05, 0.1) is 12.7 Å². The fourth-order valence-corrected chi connectivity index (χ4v) is 3.89. The summed E-state index contributed by atoms with van der Waals surface area (Å²) in [6, 6.07) is -1.18. The highest BCUT2D eigenvalue weighted by molar-refractivity contribution is 5.76. The van der Waals surface area contributed by atoms with E-state index in [1.54, 1.807) is 0 Å². The van der Waals surface area contributed by atoms with Crippen LogP contribution in [0.4, 0.5) is 0 Å². The van der Waals surface area contributed by atoms with E-state index in [0.29, 0.717) is 12.8 Å². The molecule has 150 valence electrons. The van der Waals surface area contributed by atoms with Crippen molar-refractivity contribution in [3.05, 3.63) is 12.2 Å². The summed E-state index contributed by atoms with van der Waals surface area (Å²) in [5, 5.41) is 51.6. The van der Waals surface area contributed by atoms with E-state index in [1.807, 2.05) is 19.1 Å². The van der Waals surface area contributed by atoms with Crippen LogP contribution in [0.25, 0.3) is 0 Å². The largest absolute Gasteiger partial charge is 0.394 e. The molecule has 6 unspecified atom stereocenters. The van der Waals surface area contributed by atoms with Crippen molar-refractivity contribution in [1.29, 1.82) is 0 Å². The third-order valence-corrected chi connectivity index (χ3v) is 5.42. The van der Waals surface area contributed by atoms with Crippen molar-refractivity contribution in [2.24, 2.45) is 11.8 Å². The van der Waals surface area contributed by atoms with Gasteiger partial charge in [-0.3, -0.25) is 4.79 Å². The van der Waals surface area contributed by atoms with Crippen molar-refractivity contribution in [2.45, 2.75) is 75.8 Å². The molecule has 1 saturated heterocycles. The van der Waals surface area contributed by atoms with E-state index in [0.717, 1.165) is 12.8 Å². The summed E-state index contributed by atoms with van der Waals surface area (Å²) in [6.07, 6.45) is 1.33. The third kappa shape index (κ3) is 5.03. The van der Waals surface area contributed by atoms with Gasteiger partial charge in [0.15, 0.2) is 6.29 Å². The lowest BCUT2D eigenvalue weighted by Gasteiger charge is -2.40. The lowest BCUT2D eigenvalue weighted by molar-refractivity contribution is -0.253. The molecular weight excluding hydrogens is 342 g/mol. The zero-order chi connectivity index (χ0) is 19.3. The maximum absolute atomic E-state index is 12.4. The maximum Gasteiger partial charge on any atom is 0.220 e. The number of amides is 1. The van der Waals surface area contributed by atoms with Crippen LogP contribution in [-0.4, -0.2) is 74.8 Å². The number of aliphatic hydroxyl groups is 5. The van der Waals surface area contributed by atoms with Gasteiger partial charge in [0.25, 0.3) is 0 Å². The molecule has 2 fully saturated rings. The molecule has 0 aromatic rings. The molecule has 2 aliphatic rings. The van der Waals surface area contributed by atoms with E-state index in [4.69, 9.17) is 9.84 Å². The van der Waals surface area contributed by atoms with Crippen LogP contribution >= 0.6 is 0 Å². The average Bonchev–Trinajstić information content (AvgIpc) is 2.95. The molecule has 0 aromatic carbocycles. The first kappa shape index (κ1) is 21.3. The Morgan fingerprint density at radius 2 is 1.88 bits per heavy atom. The van der Waals surface area contributed by atoms with Gasteiger partial charge >= 0.3 is 0 Å². The van der Waals surface area contributed by atoms with Gasteiger partial charge in [0, 0.05) is 6.42 Å². The number of nitrogens with one attached hydrogen (secondary N) is 1. The Hall–Kier alpha value is -1.03. The molecule has 6 N–H and O–H groups in total. The lowest BCUT2D eigenvalue weighted by atomic mass is 9.88. The molecular formula is C18H31NO7. The molecule has 1 aliphatic carbocycles. The lowest BCUT2D eigenvalue weighted by Crippen LogP contribution is -2.64. The van der Waals surface area contributed by atoms with Crippen LogP contribution in [0.1, 0.15) is 39.0 Å². The highest BCUT2D eigenvalue weighted by atomic mass is 16.6. The molecule has 8 heteroatoms. The van der Waals surface area contributed by atoms with Crippen LogP contribution in [-0.2, 0) is 9.53 Å². The summed E-state index contributed by atoms with van der Waals surface area (Å²) in [4.78, 5) is 12.4. The zero-order valence-electron chi connectivity index (χ0n) is 15.1. The molecule has 0 spiro atoms. The molecule has 8 nitrogen and oxygen atoms in total. The van der Waals surface area contributed by atoms with Gasteiger partial charge in [-0.2, -0.15) is 0 Å². The second kappa shape index (κ2) is 9.77. The van der Waals surface area contributed by atoms with Crippen molar-refractivity contribution in [3.8, 4) is 0 Å². The van der Waals surface area contributed by atoms with Gasteiger partial charge < -0.3 is 35.6 Å². The van der Waals surface area contributed by atoms with Gasteiger partial charge in [-0.15, -0.1) is 0 Å². The molecule has 26 heavy (non-hydrogen) atoms. The predicted octanol–water partition coefficient (Wildman–Crippen LogP) is -0.964. The monoisotopic (exact) mass is 373 g/mol. The van der Waals surface area contributed by atoms with Crippen LogP contribution in [0.5, 0.6) is 0 Å². The fourth-order valence-electron chi connectivity index (χ4n) is 3.89. The molecule has 1 saturated carbocycles. The summed E-state index contributed by atoms with van der Waals surface area (Å²) < 4.78 is 5.04. The Balaban J connectivity index is 1.92. The number of rotatable bonds is 7. The number of carbonyl (C=O) groups excluding carboxylic acids is 1. The molecule has 0 radical (unpaired) electrons. The second-order valence-electron chi connectivity index (χ2n) is 7.21. The van der Waals surface area contributed by atoms with E-state index >= 15 is 0 Å². The van der Waals surface area contributed by atoms with Crippen molar-refractivity contribution in [2.75, 3.05) is 6.61 Å². The topological polar surface area (TPSA) is 139 Å². The van der Waals surface area contributed by atoms with E-state index in [-0.39, 0.29) is 24.2 Å². The Kier molecular flexibility index (Phi) is 8.00. The van der Waals surface area contributed by atoms with Gasteiger partial charge in [0.2, 0.25) is 5.91 Å². The van der Waals surface area contributed by atoms with Crippen molar-refractivity contribution in [3.63, 3.8) is 0 Å². The van der Waals surface area contributed by atoms with Gasteiger partial charge in [-0.1, -0.05) is 19.1 Å². The fraction of sp³-hybridized carbons (Fsp3) is 0.833. The normalized spacial score (nSPS) is 40.8. The highest BCUT2D eigenvalue weighted by Gasteiger charge is 2.44. The summed E-state index contributed by atoms with van der Waals surface area (Å²) in [5.74, 6) is -0.360. The predicted molar refractivity (Wildman–Crippen MR) is 92.8 cm³/mol. The number of ether oxygens (including phenoxy) is 1. The van der Waals surface area contributed by atoms with E-state index < -0.39 is 43.4 Å². The van der Waals surface area contributed by atoms with Gasteiger partial charge in [-0.25, -0.2) is 0 Å². The standard InChI is InChI=1S/C18H31NO7/c1-2-3-4-5-11-10(6-7-12(11)21)8-14(22)19-15-17(24)16(23)13(9-20)26-18(15)25/h3-4,10-13,15-18,20-21,23-25H,2,5-9H2,1H3,(H,19,22)/b4-3-/t10-,11-,12?,13?,15?,16?,17?,18?/m1/s1. The van der Waals surface area contributed by atoms with Crippen LogP contribution in [0.15, 0.2) is 12.2 Å². The minimum absolute atomic E-state index is 0.00497. The Morgan fingerprint density at radius 3 is 2.54 bits per heavy atom. The van der Waals surface area contributed by atoms with Gasteiger partial charge in [-0.05, 0) is 37.5 Å². The minimum Gasteiger partial charge on any atom is -0.394 e. The van der Waals surface area contributed by atoms with Gasteiger partial charge in [0.1, 0.15) is 24.4 Å². The first-order valence-corrected chi connectivity index (χ1v) is 9.31. The Labute approximate surface area is 153 Å². The van der Waals surface area contributed by atoms with Crippen molar-refractivity contribution in [1.82, 2.24) is 5.32 Å².